The Bertz CT molecular complexity index is 226. The van der Waals surface area contributed by atoms with Crippen molar-refractivity contribution in [1.82, 2.24) is 0 Å². The Morgan fingerprint density at radius 2 is 2.31 bits per heavy atom. The zero-order valence-electron chi connectivity index (χ0n) is 8.42. The van der Waals surface area contributed by atoms with Crippen molar-refractivity contribution in [1.29, 1.82) is 0 Å². The van der Waals surface area contributed by atoms with E-state index in [9.17, 15) is 4.79 Å². The van der Waals surface area contributed by atoms with Crippen LogP contribution in [-0.4, -0.2) is 17.9 Å². The van der Waals surface area contributed by atoms with Crippen molar-refractivity contribution in [2.75, 3.05) is 0 Å². The van der Waals surface area contributed by atoms with Crippen molar-refractivity contribution in [3.8, 4) is 0 Å². The minimum absolute atomic E-state index is 0.192. The van der Waals surface area contributed by atoms with Gasteiger partial charge in [0.15, 0.2) is 0 Å². The predicted octanol–water partition coefficient (Wildman–Crippen LogP) is 2.02. The summed E-state index contributed by atoms with van der Waals surface area (Å²) < 4.78 is 10.6. The molecule has 1 aliphatic rings. The fourth-order valence-corrected chi connectivity index (χ4v) is 1.42. The Kier molecular flexibility index (Phi) is 2.76. The van der Waals surface area contributed by atoms with Gasteiger partial charge in [0.25, 0.3) is 0 Å². The lowest BCUT2D eigenvalue weighted by Gasteiger charge is -2.44. The quantitative estimate of drug-likeness (QED) is 0.497. The highest BCUT2D eigenvalue weighted by Gasteiger charge is 2.45. The first kappa shape index (κ1) is 10.3. The van der Waals surface area contributed by atoms with Gasteiger partial charge >= 0.3 is 5.97 Å². The molecule has 0 aromatic heterocycles. The highest BCUT2D eigenvalue weighted by atomic mass is 16.7. The van der Waals surface area contributed by atoms with E-state index in [4.69, 9.17) is 9.47 Å². The van der Waals surface area contributed by atoms with Crippen molar-refractivity contribution >= 4 is 5.97 Å². The molecule has 2 unspecified atom stereocenters. The molecule has 0 N–H and O–H groups in total. The van der Waals surface area contributed by atoms with E-state index in [0.717, 1.165) is 6.42 Å². The second-order valence-electron chi connectivity index (χ2n) is 3.57. The molecule has 0 aromatic carbocycles. The van der Waals surface area contributed by atoms with Crippen molar-refractivity contribution in [3.05, 3.63) is 12.2 Å². The Morgan fingerprint density at radius 3 is 2.62 bits per heavy atom. The molecule has 13 heavy (non-hydrogen) atoms. The van der Waals surface area contributed by atoms with Gasteiger partial charge in [-0.15, -0.1) is 0 Å². The van der Waals surface area contributed by atoms with Crippen molar-refractivity contribution < 1.29 is 14.3 Å². The Labute approximate surface area is 78.7 Å². The molecule has 74 valence electrons. The van der Waals surface area contributed by atoms with Crippen LogP contribution in [0.25, 0.3) is 0 Å². The predicted molar refractivity (Wildman–Crippen MR) is 49.1 cm³/mol. The minimum atomic E-state index is -0.671. The van der Waals surface area contributed by atoms with E-state index in [0.29, 0.717) is 12.0 Å². The SMILES string of the molecule is C=C(C)C(=O)OC1(CC)CC(C)O1. The van der Waals surface area contributed by atoms with Crippen LogP contribution >= 0.6 is 0 Å². The fraction of sp³-hybridized carbons (Fsp3) is 0.700. The van der Waals surface area contributed by atoms with Crippen LogP contribution in [-0.2, 0) is 14.3 Å². The van der Waals surface area contributed by atoms with Gasteiger partial charge in [-0.25, -0.2) is 4.79 Å². The first-order valence-electron chi connectivity index (χ1n) is 4.56. The highest BCUT2D eigenvalue weighted by molar-refractivity contribution is 5.87. The van der Waals surface area contributed by atoms with Crippen molar-refractivity contribution in [2.24, 2.45) is 0 Å². The Balaban J connectivity index is 2.51. The third kappa shape index (κ3) is 2.10. The van der Waals surface area contributed by atoms with E-state index in [1.807, 2.05) is 13.8 Å². The number of ether oxygens (including phenoxy) is 2. The molecule has 3 nitrogen and oxygen atoms in total. The lowest BCUT2D eigenvalue weighted by Crippen LogP contribution is -2.51. The Hall–Kier alpha value is -0.830. The van der Waals surface area contributed by atoms with Gasteiger partial charge in [0.2, 0.25) is 5.79 Å². The van der Waals surface area contributed by atoms with Crippen LogP contribution in [0.4, 0.5) is 0 Å². The van der Waals surface area contributed by atoms with E-state index >= 15 is 0 Å². The number of esters is 1. The normalized spacial score (nSPS) is 32.1. The zero-order valence-corrected chi connectivity index (χ0v) is 8.42. The second-order valence-corrected chi connectivity index (χ2v) is 3.57. The smallest absolute Gasteiger partial charge is 0.335 e. The summed E-state index contributed by atoms with van der Waals surface area (Å²) in [5.41, 5.74) is 0.413. The number of hydrogen-bond donors (Lipinski definition) is 0. The van der Waals surface area contributed by atoms with Crippen LogP contribution in [0.1, 0.15) is 33.6 Å². The molecule has 1 fully saturated rings. The highest BCUT2D eigenvalue weighted by Crippen LogP contribution is 2.36. The van der Waals surface area contributed by atoms with Gasteiger partial charge < -0.3 is 9.47 Å². The van der Waals surface area contributed by atoms with Crippen LogP contribution < -0.4 is 0 Å². The summed E-state index contributed by atoms with van der Waals surface area (Å²) in [6, 6.07) is 0. The summed E-state index contributed by atoms with van der Waals surface area (Å²) in [7, 11) is 0. The average Bonchev–Trinajstić information content (AvgIpc) is 2.00. The summed E-state index contributed by atoms with van der Waals surface area (Å²) in [4.78, 5) is 11.2. The zero-order chi connectivity index (χ0) is 10.1. The van der Waals surface area contributed by atoms with E-state index in [1.54, 1.807) is 6.92 Å². The van der Waals surface area contributed by atoms with E-state index < -0.39 is 5.79 Å². The average molecular weight is 184 g/mol. The molecular weight excluding hydrogens is 168 g/mol. The lowest BCUT2D eigenvalue weighted by molar-refractivity contribution is -0.321. The van der Waals surface area contributed by atoms with Crippen LogP contribution in [0.5, 0.6) is 0 Å². The number of carbonyl (C=O) groups excluding carboxylic acids is 1. The largest absolute Gasteiger partial charge is 0.430 e. The van der Waals surface area contributed by atoms with Gasteiger partial charge in [-0.3, -0.25) is 0 Å². The molecule has 1 saturated heterocycles. The Morgan fingerprint density at radius 1 is 1.77 bits per heavy atom. The van der Waals surface area contributed by atoms with Gasteiger partial charge in [-0.2, -0.15) is 0 Å². The molecule has 0 amide bonds. The first-order chi connectivity index (χ1) is 5.99. The molecular formula is C10H16O3. The molecule has 1 aliphatic heterocycles. The van der Waals surface area contributed by atoms with Crippen molar-refractivity contribution in [2.45, 2.75) is 45.5 Å². The summed E-state index contributed by atoms with van der Waals surface area (Å²) in [5.74, 6) is -1.04. The first-order valence-corrected chi connectivity index (χ1v) is 4.56. The summed E-state index contributed by atoms with van der Waals surface area (Å²) in [6.45, 7) is 9.06. The van der Waals surface area contributed by atoms with E-state index in [1.165, 1.54) is 0 Å². The summed E-state index contributed by atoms with van der Waals surface area (Å²) >= 11 is 0. The maximum Gasteiger partial charge on any atom is 0.335 e. The molecule has 1 rings (SSSR count). The van der Waals surface area contributed by atoms with Crippen LogP contribution in [0.3, 0.4) is 0 Å². The van der Waals surface area contributed by atoms with Gasteiger partial charge in [-0.05, 0) is 13.8 Å². The van der Waals surface area contributed by atoms with Crippen molar-refractivity contribution in [3.63, 3.8) is 0 Å². The molecule has 0 saturated carbocycles. The van der Waals surface area contributed by atoms with Crippen LogP contribution in [0.2, 0.25) is 0 Å². The van der Waals surface area contributed by atoms with Gasteiger partial charge in [-0.1, -0.05) is 13.5 Å². The monoisotopic (exact) mass is 184 g/mol. The molecule has 0 radical (unpaired) electrons. The topological polar surface area (TPSA) is 35.5 Å². The lowest BCUT2D eigenvalue weighted by atomic mass is 9.99. The second kappa shape index (κ2) is 3.50. The van der Waals surface area contributed by atoms with Gasteiger partial charge in [0, 0.05) is 18.4 Å². The number of hydrogen-bond acceptors (Lipinski definition) is 3. The minimum Gasteiger partial charge on any atom is -0.430 e. The number of carbonyl (C=O) groups is 1. The van der Waals surface area contributed by atoms with E-state index in [-0.39, 0.29) is 12.1 Å². The third-order valence-corrected chi connectivity index (χ3v) is 2.18. The molecule has 1 heterocycles. The molecule has 0 bridgehead atoms. The molecule has 2 atom stereocenters. The van der Waals surface area contributed by atoms with E-state index in [2.05, 4.69) is 6.58 Å². The third-order valence-electron chi connectivity index (χ3n) is 2.18. The van der Waals surface area contributed by atoms with Gasteiger partial charge in [0.05, 0.1) is 6.10 Å². The molecule has 0 spiro atoms. The summed E-state index contributed by atoms with van der Waals surface area (Å²) in [5, 5.41) is 0. The molecule has 0 aromatic rings. The van der Waals surface area contributed by atoms with Crippen LogP contribution in [0, 0.1) is 0 Å². The molecule has 0 aliphatic carbocycles. The maximum absolute atomic E-state index is 11.2. The molecule has 3 heteroatoms. The number of rotatable bonds is 3. The van der Waals surface area contributed by atoms with Crippen LogP contribution in [0.15, 0.2) is 12.2 Å². The standard InChI is InChI=1S/C10H16O3/c1-5-10(6-8(4)12-10)13-9(11)7(2)3/h8H,2,5-6H2,1,3-4H3. The maximum atomic E-state index is 11.2. The van der Waals surface area contributed by atoms with Gasteiger partial charge in [0.1, 0.15) is 0 Å². The fourth-order valence-electron chi connectivity index (χ4n) is 1.42. The summed E-state index contributed by atoms with van der Waals surface area (Å²) in [6.07, 6.45) is 1.66.